The number of aliphatic hydroxyl groups is 1. The minimum atomic E-state index is -0.485. The average Bonchev–Trinajstić information content (AvgIpc) is 3.12. The van der Waals surface area contributed by atoms with E-state index in [1.54, 1.807) is 18.2 Å². The molecule has 3 aromatic rings. The molecule has 1 amide bonds. The predicted molar refractivity (Wildman–Crippen MR) is 90.4 cm³/mol. The molecule has 0 saturated heterocycles. The Hall–Kier alpha value is -2.99. The van der Waals surface area contributed by atoms with Crippen molar-refractivity contribution in [1.29, 1.82) is 0 Å². The van der Waals surface area contributed by atoms with Crippen molar-refractivity contribution in [1.82, 2.24) is 10.5 Å². The summed E-state index contributed by atoms with van der Waals surface area (Å²) in [5.74, 6) is -0.768. The summed E-state index contributed by atoms with van der Waals surface area (Å²) in [6.07, 6.45) is 0.487. The number of carbonyl (C=O) groups excluding carboxylic acids is 1. The van der Waals surface area contributed by atoms with Gasteiger partial charge in [-0.1, -0.05) is 47.6 Å². The molecule has 0 bridgehead atoms. The molecule has 0 radical (unpaired) electrons. The van der Waals surface area contributed by atoms with Crippen LogP contribution in [0.1, 0.15) is 16.1 Å². The topological polar surface area (TPSA) is 75.4 Å². The van der Waals surface area contributed by atoms with Crippen LogP contribution in [0.25, 0.3) is 11.3 Å². The Morgan fingerprint density at radius 1 is 1.16 bits per heavy atom. The first-order chi connectivity index (χ1) is 12.2. The summed E-state index contributed by atoms with van der Waals surface area (Å²) in [5.41, 5.74) is 1.26. The van der Waals surface area contributed by atoms with E-state index in [-0.39, 0.29) is 23.6 Å². The largest absolute Gasteiger partial charge is 0.394 e. The number of rotatable bonds is 6. The van der Waals surface area contributed by atoms with Crippen molar-refractivity contribution in [2.45, 2.75) is 12.5 Å². The summed E-state index contributed by atoms with van der Waals surface area (Å²) in [7, 11) is 0. The van der Waals surface area contributed by atoms with E-state index in [1.165, 1.54) is 12.1 Å². The lowest BCUT2D eigenvalue weighted by molar-refractivity contribution is 0.0907. The smallest absolute Gasteiger partial charge is 0.273 e. The molecule has 3 rings (SSSR count). The lowest BCUT2D eigenvalue weighted by atomic mass is 10.1. The highest BCUT2D eigenvalue weighted by atomic mass is 19.1. The number of halogens is 1. The van der Waals surface area contributed by atoms with Crippen molar-refractivity contribution in [3.63, 3.8) is 0 Å². The molecule has 0 fully saturated rings. The molecule has 2 aromatic carbocycles. The molecule has 0 saturated carbocycles. The Kier molecular flexibility index (Phi) is 5.20. The molecule has 1 atom stereocenters. The second-order valence-electron chi connectivity index (χ2n) is 5.60. The van der Waals surface area contributed by atoms with Crippen molar-refractivity contribution in [3.8, 4) is 11.3 Å². The quantitative estimate of drug-likeness (QED) is 0.723. The number of hydrogen-bond acceptors (Lipinski definition) is 4. The number of aliphatic hydroxyl groups excluding tert-OH is 1. The number of carbonyl (C=O) groups is 1. The fourth-order valence-electron chi connectivity index (χ4n) is 2.49. The van der Waals surface area contributed by atoms with E-state index in [9.17, 15) is 14.3 Å². The zero-order valence-electron chi connectivity index (χ0n) is 13.4. The highest BCUT2D eigenvalue weighted by Gasteiger charge is 2.19. The van der Waals surface area contributed by atoms with Crippen LogP contribution in [0.4, 0.5) is 4.39 Å². The molecular weight excluding hydrogens is 323 g/mol. The minimum Gasteiger partial charge on any atom is -0.394 e. The molecule has 0 aliphatic heterocycles. The van der Waals surface area contributed by atoms with E-state index in [1.807, 2.05) is 30.3 Å². The first kappa shape index (κ1) is 16.9. The second kappa shape index (κ2) is 7.72. The zero-order chi connectivity index (χ0) is 17.6. The molecule has 128 valence electrons. The van der Waals surface area contributed by atoms with Crippen molar-refractivity contribution in [2.24, 2.45) is 0 Å². The van der Waals surface area contributed by atoms with Crippen LogP contribution in [0.3, 0.4) is 0 Å². The van der Waals surface area contributed by atoms with E-state index in [4.69, 9.17) is 4.52 Å². The molecule has 1 heterocycles. The van der Waals surface area contributed by atoms with Gasteiger partial charge in [0, 0.05) is 6.07 Å². The van der Waals surface area contributed by atoms with Crippen LogP contribution >= 0.6 is 0 Å². The number of amides is 1. The molecule has 1 unspecified atom stereocenters. The van der Waals surface area contributed by atoms with Gasteiger partial charge in [-0.3, -0.25) is 4.79 Å². The van der Waals surface area contributed by atoms with Crippen molar-refractivity contribution >= 4 is 5.91 Å². The molecular formula is C19H17FN2O3. The van der Waals surface area contributed by atoms with E-state index in [0.29, 0.717) is 6.42 Å². The third-order valence-corrected chi connectivity index (χ3v) is 3.76. The Morgan fingerprint density at radius 3 is 2.60 bits per heavy atom. The van der Waals surface area contributed by atoms with E-state index >= 15 is 0 Å². The van der Waals surface area contributed by atoms with Crippen LogP contribution in [0.15, 0.2) is 65.2 Å². The molecule has 0 spiro atoms. The minimum absolute atomic E-state index is 0.0322. The third kappa shape index (κ3) is 4.10. The van der Waals surface area contributed by atoms with Crippen LogP contribution in [0, 0.1) is 5.82 Å². The van der Waals surface area contributed by atoms with Crippen molar-refractivity contribution in [2.75, 3.05) is 6.61 Å². The summed E-state index contributed by atoms with van der Waals surface area (Å²) in [5, 5.41) is 15.9. The maximum absolute atomic E-state index is 13.8. The Labute approximate surface area is 144 Å². The molecule has 25 heavy (non-hydrogen) atoms. The van der Waals surface area contributed by atoms with Crippen LogP contribution in [0.5, 0.6) is 0 Å². The van der Waals surface area contributed by atoms with Crippen molar-refractivity contribution in [3.05, 3.63) is 77.7 Å². The maximum atomic E-state index is 13.8. The van der Waals surface area contributed by atoms with Crippen LogP contribution in [0.2, 0.25) is 0 Å². The predicted octanol–water partition coefficient (Wildman–Crippen LogP) is 2.81. The van der Waals surface area contributed by atoms with E-state index in [2.05, 4.69) is 10.5 Å². The standard InChI is InChI=1S/C19H17FN2O3/c20-16-9-5-4-8-15(16)18-11-17(22-25-18)19(24)21-14(12-23)10-13-6-2-1-3-7-13/h1-9,11,14,23H,10,12H2,(H,21,24). The fourth-order valence-corrected chi connectivity index (χ4v) is 2.49. The van der Waals surface area contributed by atoms with Crippen LogP contribution in [-0.4, -0.2) is 28.8 Å². The summed E-state index contributed by atoms with van der Waals surface area (Å²) >= 11 is 0. The highest BCUT2D eigenvalue weighted by Crippen LogP contribution is 2.23. The van der Waals surface area contributed by atoms with Crippen molar-refractivity contribution < 1.29 is 18.8 Å². The number of nitrogens with zero attached hydrogens (tertiary/aromatic N) is 1. The van der Waals surface area contributed by atoms with Crippen LogP contribution in [-0.2, 0) is 6.42 Å². The molecule has 2 N–H and O–H groups in total. The van der Waals surface area contributed by atoms with Gasteiger partial charge in [0.2, 0.25) is 0 Å². The zero-order valence-corrected chi connectivity index (χ0v) is 13.4. The number of hydrogen-bond donors (Lipinski definition) is 2. The number of nitrogens with one attached hydrogen (secondary N) is 1. The number of benzene rings is 2. The summed E-state index contributed by atoms with van der Waals surface area (Å²) in [4.78, 5) is 12.3. The summed E-state index contributed by atoms with van der Waals surface area (Å²) in [6, 6.07) is 16.5. The van der Waals surface area contributed by atoms with Gasteiger partial charge < -0.3 is 14.9 Å². The third-order valence-electron chi connectivity index (χ3n) is 3.76. The SMILES string of the molecule is O=C(NC(CO)Cc1ccccc1)c1cc(-c2ccccc2F)on1. The average molecular weight is 340 g/mol. The Bertz CT molecular complexity index is 849. The first-order valence-electron chi connectivity index (χ1n) is 7.84. The molecule has 1 aromatic heterocycles. The first-order valence-corrected chi connectivity index (χ1v) is 7.84. The van der Waals surface area contributed by atoms with Gasteiger partial charge in [0.25, 0.3) is 5.91 Å². The monoisotopic (exact) mass is 340 g/mol. The Morgan fingerprint density at radius 2 is 1.88 bits per heavy atom. The molecule has 0 aliphatic carbocycles. The van der Waals surface area contributed by atoms with Gasteiger partial charge in [0.1, 0.15) is 5.82 Å². The fraction of sp³-hybridized carbons (Fsp3) is 0.158. The molecule has 5 nitrogen and oxygen atoms in total. The van der Waals surface area contributed by atoms with E-state index < -0.39 is 17.8 Å². The van der Waals surface area contributed by atoms with Gasteiger partial charge in [-0.05, 0) is 24.1 Å². The Balaban J connectivity index is 1.70. The van der Waals surface area contributed by atoms with Gasteiger partial charge in [-0.25, -0.2) is 4.39 Å². The van der Waals surface area contributed by atoms with Gasteiger partial charge in [-0.15, -0.1) is 0 Å². The highest BCUT2D eigenvalue weighted by molar-refractivity contribution is 5.93. The summed E-state index contributed by atoms with van der Waals surface area (Å²) < 4.78 is 18.8. The maximum Gasteiger partial charge on any atom is 0.273 e. The van der Waals surface area contributed by atoms with Gasteiger partial charge in [0.15, 0.2) is 11.5 Å². The van der Waals surface area contributed by atoms with E-state index in [0.717, 1.165) is 5.56 Å². The normalized spacial score (nSPS) is 11.9. The second-order valence-corrected chi connectivity index (χ2v) is 5.60. The molecule has 6 heteroatoms. The van der Waals surface area contributed by atoms with Gasteiger partial charge in [-0.2, -0.15) is 0 Å². The lowest BCUT2D eigenvalue weighted by Gasteiger charge is -2.15. The summed E-state index contributed by atoms with van der Waals surface area (Å²) in [6.45, 7) is -0.210. The van der Waals surface area contributed by atoms with Gasteiger partial charge in [0.05, 0.1) is 18.2 Å². The lowest BCUT2D eigenvalue weighted by Crippen LogP contribution is -2.39. The molecule has 0 aliphatic rings. The number of aromatic nitrogens is 1. The van der Waals surface area contributed by atoms with Crippen LogP contribution < -0.4 is 5.32 Å². The van der Waals surface area contributed by atoms with Gasteiger partial charge >= 0.3 is 0 Å².